The van der Waals surface area contributed by atoms with Gasteiger partial charge in [-0.25, -0.2) is 9.97 Å². The number of rotatable bonds is 4. The first-order valence-electron chi connectivity index (χ1n) is 12.4. The second kappa shape index (κ2) is 10.9. The van der Waals surface area contributed by atoms with Gasteiger partial charge in [0.25, 0.3) is 5.91 Å². The summed E-state index contributed by atoms with van der Waals surface area (Å²) in [7, 11) is 0. The normalized spacial score (nSPS) is 14.9. The highest BCUT2D eigenvalue weighted by Gasteiger charge is 2.38. The third-order valence-corrected chi connectivity index (χ3v) is 6.69. The molecule has 2 aromatic carbocycles. The van der Waals surface area contributed by atoms with Crippen LogP contribution in [-0.4, -0.2) is 47.0 Å². The van der Waals surface area contributed by atoms with Crippen LogP contribution in [0.2, 0.25) is 0 Å². The van der Waals surface area contributed by atoms with Crippen molar-refractivity contribution in [2.75, 3.05) is 31.1 Å². The molecule has 0 saturated carbocycles. The average Bonchev–Trinajstić information content (AvgIpc) is 2.90. The number of aromatic nitrogens is 2. The minimum absolute atomic E-state index is 0.0402. The quantitative estimate of drug-likeness (QED) is 0.306. The van der Waals surface area contributed by atoms with Crippen molar-refractivity contribution in [2.24, 2.45) is 0 Å². The molecule has 0 radical (unpaired) electrons. The summed E-state index contributed by atoms with van der Waals surface area (Å²) in [6.07, 6.45) is -14.3. The van der Waals surface area contributed by atoms with E-state index >= 15 is 0 Å². The van der Waals surface area contributed by atoms with Crippen LogP contribution in [0.15, 0.2) is 42.5 Å². The summed E-state index contributed by atoms with van der Waals surface area (Å²) in [6.45, 7) is 3.70. The summed E-state index contributed by atoms with van der Waals surface area (Å²) in [6, 6.07) is 5.30. The van der Waals surface area contributed by atoms with Crippen LogP contribution in [0.5, 0.6) is 0 Å². The van der Waals surface area contributed by atoms with Crippen molar-refractivity contribution in [3.63, 3.8) is 0 Å². The summed E-state index contributed by atoms with van der Waals surface area (Å²) in [5.41, 5.74) is -3.38. The minimum Gasteiger partial charge on any atom is -0.353 e. The molecule has 1 aliphatic heterocycles. The highest BCUT2D eigenvalue weighted by Crippen LogP contribution is 2.37. The molecule has 0 aliphatic carbocycles. The van der Waals surface area contributed by atoms with Gasteiger partial charge >= 0.3 is 18.5 Å². The maximum atomic E-state index is 13.3. The molecular formula is C27H23F9N4O. The van der Waals surface area contributed by atoms with E-state index in [1.807, 2.05) is 6.92 Å². The molecule has 1 aliphatic rings. The molecule has 0 bridgehead atoms. The van der Waals surface area contributed by atoms with Crippen LogP contribution in [-0.2, 0) is 24.9 Å². The SMILES string of the molecule is CCc1c(C)nc(-c2cccc(C(F)(F)F)c2)nc1N1CCN(C(=O)c2cc(C(F)(F)F)cc(C(F)(F)F)c2)CC1. The lowest BCUT2D eigenvalue weighted by Crippen LogP contribution is -2.49. The third-order valence-electron chi connectivity index (χ3n) is 6.69. The Morgan fingerprint density at radius 2 is 1.34 bits per heavy atom. The zero-order valence-electron chi connectivity index (χ0n) is 21.7. The number of aryl methyl sites for hydroxylation is 1. The van der Waals surface area contributed by atoms with Gasteiger partial charge in [-0.05, 0) is 43.7 Å². The fourth-order valence-corrected chi connectivity index (χ4v) is 4.60. The lowest BCUT2D eigenvalue weighted by molar-refractivity contribution is -0.143. The number of anilines is 1. The summed E-state index contributed by atoms with van der Waals surface area (Å²) < 4.78 is 119. The lowest BCUT2D eigenvalue weighted by Gasteiger charge is -2.36. The maximum Gasteiger partial charge on any atom is 0.416 e. The summed E-state index contributed by atoms with van der Waals surface area (Å²) in [5.74, 6) is -0.499. The van der Waals surface area contributed by atoms with E-state index in [0.717, 1.165) is 17.0 Å². The van der Waals surface area contributed by atoms with Crippen LogP contribution in [0.3, 0.4) is 0 Å². The molecule has 14 heteroatoms. The molecule has 5 nitrogen and oxygen atoms in total. The molecule has 4 rings (SSSR count). The highest BCUT2D eigenvalue weighted by atomic mass is 19.4. The first kappa shape index (κ1) is 30.1. The molecule has 3 aromatic rings. The number of hydrogen-bond acceptors (Lipinski definition) is 4. The second-order valence-electron chi connectivity index (χ2n) is 9.44. The van der Waals surface area contributed by atoms with E-state index in [2.05, 4.69) is 9.97 Å². The van der Waals surface area contributed by atoms with Gasteiger partial charge in [0, 0.05) is 48.6 Å². The van der Waals surface area contributed by atoms with Gasteiger partial charge in [0.1, 0.15) is 5.82 Å². The molecule has 1 amide bonds. The minimum atomic E-state index is -5.09. The smallest absolute Gasteiger partial charge is 0.353 e. The van der Waals surface area contributed by atoms with Crippen molar-refractivity contribution in [1.82, 2.24) is 14.9 Å². The number of carbonyl (C=O) groups is 1. The zero-order chi connectivity index (χ0) is 30.3. The maximum absolute atomic E-state index is 13.3. The van der Waals surface area contributed by atoms with Gasteiger partial charge in [-0.3, -0.25) is 4.79 Å². The topological polar surface area (TPSA) is 49.3 Å². The van der Waals surface area contributed by atoms with Crippen LogP contribution in [0.4, 0.5) is 45.3 Å². The van der Waals surface area contributed by atoms with Crippen molar-refractivity contribution < 1.29 is 44.3 Å². The first-order valence-corrected chi connectivity index (χ1v) is 12.4. The van der Waals surface area contributed by atoms with Gasteiger partial charge in [-0.15, -0.1) is 0 Å². The Hall–Kier alpha value is -3.84. The van der Waals surface area contributed by atoms with Crippen molar-refractivity contribution in [1.29, 1.82) is 0 Å². The molecule has 41 heavy (non-hydrogen) atoms. The van der Waals surface area contributed by atoms with Gasteiger partial charge in [-0.1, -0.05) is 19.1 Å². The van der Waals surface area contributed by atoms with E-state index < -0.39 is 46.7 Å². The summed E-state index contributed by atoms with van der Waals surface area (Å²) in [5, 5.41) is 0. The second-order valence-corrected chi connectivity index (χ2v) is 9.44. The Bertz CT molecular complexity index is 1410. The number of benzene rings is 2. The molecule has 0 unspecified atom stereocenters. The van der Waals surface area contributed by atoms with E-state index in [0.29, 0.717) is 35.6 Å². The van der Waals surface area contributed by atoms with Crippen LogP contribution >= 0.6 is 0 Å². The van der Waals surface area contributed by atoms with Crippen LogP contribution < -0.4 is 4.90 Å². The standard InChI is InChI=1S/C27H23F9N4O/c1-3-21-15(2)37-22(16-5-4-6-18(11-16)25(28,29)30)38-23(21)39-7-9-40(10-8-39)24(41)17-12-19(26(31,32)33)14-20(13-17)27(34,35)36/h4-6,11-14H,3,7-10H2,1-2H3. The van der Waals surface area contributed by atoms with Crippen LogP contribution in [0.1, 0.15) is 45.2 Å². The third kappa shape index (κ3) is 6.57. The molecule has 1 saturated heterocycles. The number of alkyl halides is 9. The van der Waals surface area contributed by atoms with Gasteiger partial charge in [0.15, 0.2) is 5.82 Å². The molecule has 1 aromatic heterocycles. The van der Waals surface area contributed by atoms with Gasteiger partial charge in [0.2, 0.25) is 0 Å². The van der Waals surface area contributed by atoms with Crippen molar-refractivity contribution >= 4 is 11.7 Å². The van der Waals surface area contributed by atoms with Crippen molar-refractivity contribution in [3.05, 3.63) is 76.0 Å². The fourth-order valence-electron chi connectivity index (χ4n) is 4.60. The Balaban J connectivity index is 1.60. The van der Waals surface area contributed by atoms with E-state index in [-0.39, 0.29) is 43.6 Å². The van der Waals surface area contributed by atoms with E-state index in [9.17, 15) is 44.3 Å². The van der Waals surface area contributed by atoms with E-state index in [1.165, 1.54) is 12.1 Å². The molecule has 220 valence electrons. The number of amides is 1. The van der Waals surface area contributed by atoms with Gasteiger partial charge in [-0.2, -0.15) is 39.5 Å². The van der Waals surface area contributed by atoms with Crippen LogP contribution in [0.25, 0.3) is 11.4 Å². The molecule has 0 spiro atoms. The number of carbonyl (C=O) groups excluding carboxylic acids is 1. The number of nitrogens with zero attached hydrogens (tertiary/aromatic N) is 4. The first-order chi connectivity index (χ1) is 19.0. The Labute approximate surface area is 228 Å². The predicted octanol–water partition coefficient (Wildman–Crippen LogP) is 7.03. The number of hydrogen-bond donors (Lipinski definition) is 0. The molecule has 0 N–H and O–H groups in total. The van der Waals surface area contributed by atoms with Gasteiger partial charge in [0.05, 0.1) is 16.7 Å². The zero-order valence-corrected chi connectivity index (χ0v) is 21.7. The number of piperazine rings is 1. The Kier molecular flexibility index (Phi) is 7.98. The molecule has 2 heterocycles. The molecule has 1 fully saturated rings. The van der Waals surface area contributed by atoms with Crippen LogP contribution in [0, 0.1) is 6.92 Å². The molecule has 0 atom stereocenters. The van der Waals surface area contributed by atoms with Crippen molar-refractivity contribution in [3.8, 4) is 11.4 Å². The summed E-state index contributed by atoms with van der Waals surface area (Å²) in [4.78, 5) is 24.8. The van der Waals surface area contributed by atoms with E-state index in [4.69, 9.17) is 0 Å². The van der Waals surface area contributed by atoms with Gasteiger partial charge < -0.3 is 9.80 Å². The lowest BCUT2D eigenvalue weighted by atomic mass is 10.0. The monoisotopic (exact) mass is 590 g/mol. The highest BCUT2D eigenvalue weighted by molar-refractivity contribution is 5.95. The Morgan fingerprint density at radius 3 is 1.85 bits per heavy atom. The fraction of sp³-hybridized carbons (Fsp3) is 0.370. The largest absolute Gasteiger partial charge is 0.416 e. The summed E-state index contributed by atoms with van der Waals surface area (Å²) >= 11 is 0. The average molecular weight is 590 g/mol. The molecular weight excluding hydrogens is 567 g/mol. The predicted molar refractivity (Wildman–Crippen MR) is 131 cm³/mol. The van der Waals surface area contributed by atoms with Crippen molar-refractivity contribution in [2.45, 2.75) is 38.8 Å². The number of halogens is 9. The Morgan fingerprint density at radius 1 is 0.780 bits per heavy atom. The van der Waals surface area contributed by atoms with E-state index in [1.54, 1.807) is 11.8 Å².